The van der Waals surface area contributed by atoms with Crippen LogP contribution in [0.15, 0.2) is 0 Å². The van der Waals surface area contributed by atoms with Crippen LogP contribution < -0.4 is 5.73 Å². The summed E-state index contributed by atoms with van der Waals surface area (Å²) in [6.07, 6.45) is 2.34. The van der Waals surface area contributed by atoms with Gasteiger partial charge < -0.3 is 15.7 Å². The highest BCUT2D eigenvalue weighted by atomic mass is 16.4. The van der Waals surface area contributed by atoms with Crippen molar-refractivity contribution in [2.75, 3.05) is 13.1 Å². The smallest absolute Gasteiger partial charge is 0.309 e. The molecule has 19 heavy (non-hydrogen) atoms. The third kappa shape index (κ3) is 3.69. The second kappa shape index (κ2) is 6.37. The van der Waals surface area contributed by atoms with E-state index in [1.807, 2.05) is 20.8 Å². The van der Waals surface area contributed by atoms with Gasteiger partial charge in [-0.3, -0.25) is 9.59 Å². The molecule has 0 unspecified atom stereocenters. The van der Waals surface area contributed by atoms with E-state index in [9.17, 15) is 14.7 Å². The van der Waals surface area contributed by atoms with Gasteiger partial charge in [0, 0.05) is 13.1 Å². The van der Waals surface area contributed by atoms with Crippen LogP contribution in [0.3, 0.4) is 0 Å². The fraction of sp³-hybridized carbons (Fsp3) is 0.857. The number of carbonyl (C=O) groups excluding carboxylic acids is 1. The molecule has 1 aliphatic heterocycles. The minimum Gasteiger partial charge on any atom is -0.481 e. The Morgan fingerprint density at radius 3 is 2.21 bits per heavy atom. The number of nitrogens with two attached hydrogens (primary N) is 1. The Hall–Kier alpha value is -1.10. The predicted molar refractivity (Wildman–Crippen MR) is 73.6 cm³/mol. The van der Waals surface area contributed by atoms with Crippen LogP contribution in [-0.2, 0) is 9.59 Å². The van der Waals surface area contributed by atoms with Gasteiger partial charge in [-0.1, -0.05) is 20.8 Å². The van der Waals surface area contributed by atoms with Gasteiger partial charge in [0.05, 0.1) is 11.5 Å². The van der Waals surface area contributed by atoms with Crippen molar-refractivity contribution in [2.24, 2.45) is 17.1 Å². The molecule has 3 N–H and O–H groups in total. The van der Waals surface area contributed by atoms with Gasteiger partial charge in [-0.15, -0.1) is 0 Å². The third-order valence-corrected chi connectivity index (χ3v) is 4.21. The number of rotatable bonds is 5. The maximum absolute atomic E-state index is 12.2. The van der Waals surface area contributed by atoms with E-state index in [1.54, 1.807) is 4.90 Å². The lowest BCUT2D eigenvalue weighted by Crippen LogP contribution is -2.51. The highest BCUT2D eigenvalue weighted by Gasteiger charge is 2.41. The van der Waals surface area contributed by atoms with E-state index in [0.717, 1.165) is 0 Å². The van der Waals surface area contributed by atoms with Crippen molar-refractivity contribution >= 4 is 11.9 Å². The molecule has 110 valence electrons. The Balaban J connectivity index is 2.58. The number of hydrogen-bond acceptors (Lipinski definition) is 3. The Morgan fingerprint density at radius 1 is 1.32 bits per heavy atom. The molecule has 0 bridgehead atoms. The van der Waals surface area contributed by atoms with Crippen LogP contribution in [0.5, 0.6) is 0 Å². The highest BCUT2D eigenvalue weighted by molar-refractivity contribution is 5.82. The number of carboxylic acids is 1. The van der Waals surface area contributed by atoms with Crippen molar-refractivity contribution in [2.45, 2.75) is 52.5 Å². The van der Waals surface area contributed by atoms with Crippen LogP contribution in [0, 0.1) is 11.3 Å². The molecule has 1 amide bonds. The molecular formula is C14H26N2O3. The van der Waals surface area contributed by atoms with Gasteiger partial charge in [-0.05, 0) is 31.6 Å². The molecule has 0 spiro atoms. The lowest BCUT2D eigenvalue weighted by atomic mass is 9.76. The third-order valence-electron chi connectivity index (χ3n) is 4.21. The van der Waals surface area contributed by atoms with Crippen LogP contribution >= 0.6 is 0 Å². The van der Waals surface area contributed by atoms with E-state index >= 15 is 0 Å². The van der Waals surface area contributed by atoms with Crippen molar-refractivity contribution in [3.05, 3.63) is 0 Å². The van der Waals surface area contributed by atoms with Crippen LogP contribution in [0.2, 0.25) is 0 Å². The molecule has 0 saturated carbocycles. The lowest BCUT2D eigenvalue weighted by Gasteiger charge is -2.39. The highest BCUT2D eigenvalue weighted by Crippen LogP contribution is 2.35. The standard InChI is InChI=1S/C14H26N2O3/c1-4-14(13(18)19)5-7-16(8-6-14)12(17)11(15)9-10(2)3/h10-11H,4-9,15H2,1-3H3,(H,18,19)/t11-/m1/s1. The summed E-state index contributed by atoms with van der Waals surface area (Å²) in [5, 5.41) is 9.31. The first-order valence-corrected chi connectivity index (χ1v) is 7.10. The Labute approximate surface area is 115 Å². The van der Waals surface area contributed by atoms with Gasteiger partial charge in [0.2, 0.25) is 5.91 Å². The summed E-state index contributed by atoms with van der Waals surface area (Å²) in [4.78, 5) is 25.2. The Morgan fingerprint density at radius 2 is 1.84 bits per heavy atom. The quantitative estimate of drug-likeness (QED) is 0.792. The van der Waals surface area contributed by atoms with Crippen molar-refractivity contribution in [3.63, 3.8) is 0 Å². The molecule has 0 aromatic rings. The van der Waals surface area contributed by atoms with E-state index in [2.05, 4.69) is 0 Å². The van der Waals surface area contributed by atoms with E-state index in [0.29, 0.717) is 44.7 Å². The average molecular weight is 270 g/mol. The van der Waals surface area contributed by atoms with Crippen molar-refractivity contribution < 1.29 is 14.7 Å². The fourth-order valence-corrected chi connectivity index (χ4v) is 2.72. The van der Waals surface area contributed by atoms with Gasteiger partial charge in [0.25, 0.3) is 0 Å². The number of nitrogens with zero attached hydrogens (tertiary/aromatic N) is 1. The van der Waals surface area contributed by atoms with Crippen LogP contribution in [-0.4, -0.2) is 41.0 Å². The van der Waals surface area contributed by atoms with Gasteiger partial charge in [0.15, 0.2) is 0 Å². The monoisotopic (exact) mass is 270 g/mol. The van der Waals surface area contributed by atoms with Crippen molar-refractivity contribution in [1.82, 2.24) is 4.90 Å². The molecule has 1 atom stereocenters. The number of likely N-dealkylation sites (tertiary alicyclic amines) is 1. The Kier molecular flexibility index (Phi) is 5.35. The summed E-state index contributed by atoms with van der Waals surface area (Å²) in [6, 6.07) is -0.459. The van der Waals surface area contributed by atoms with Crippen LogP contribution in [0.25, 0.3) is 0 Å². The topological polar surface area (TPSA) is 83.6 Å². The summed E-state index contributed by atoms with van der Waals surface area (Å²) in [5.74, 6) is -0.394. The largest absolute Gasteiger partial charge is 0.481 e. The van der Waals surface area contributed by atoms with E-state index < -0.39 is 17.4 Å². The first kappa shape index (κ1) is 16.0. The number of hydrogen-bond donors (Lipinski definition) is 2. The minimum atomic E-state index is -0.742. The number of carboxylic acid groups (broad SMARTS) is 1. The van der Waals surface area contributed by atoms with E-state index in [1.165, 1.54) is 0 Å². The maximum atomic E-state index is 12.2. The zero-order valence-electron chi connectivity index (χ0n) is 12.2. The maximum Gasteiger partial charge on any atom is 0.309 e. The second-order valence-electron chi connectivity index (χ2n) is 6.00. The molecule has 5 heteroatoms. The Bertz CT molecular complexity index is 334. The van der Waals surface area contributed by atoms with Crippen LogP contribution in [0.4, 0.5) is 0 Å². The number of carbonyl (C=O) groups is 2. The molecule has 0 aliphatic carbocycles. The first-order valence-electron chi connectivity index (χ1n) is 7.10. The molecule has 0 radical (unpaired) electrons. The molecule has 1 heterocycles. The number of piperidine rings is 1. The van der Waals surface area contributed by atoms with E-state index in [4.69, 9.17) is 5.73 Å². The molecule has 0 aromatic carbocycles. The summed E-state index contributed by atoms with van der Waals surface area (Å²) < 4.78 is 0. The average Bonchev–Trinajstić information content (AvgIpc) is 2.37. The summed E-state index contributed by atoms with van der Waals surface area (Å²) in [7, 11) is 0. The van der Waals surface area contributed by atoms with Gasteiger partial charge in [0.1, 0.15) is 0 Å². The summed E-state index contributed by atoms with van der Waals surface area (Å²) >= 11 is 0. The molecule has 0 aromatic heterocycles. The van der Waals surface area contributed by atoms with Gasteiger partial charge in [-0.25, -0.2) is 0 Å². The SMILES string of the molecule is CCC1(C(=O)O)CCN(C(=O)[C@H](N)CC(C)C)CC1. The first-order chi connectivity index (χ1) is 8.82. The fourth-order valence-electron chi connectivity index (χ4n) is 2.72. The molecule has 5 nitrogen and oxygen atoms in total. The molecular weight excluding hydrogens is 244 g/mol. The van der Waals surface area contributed by atoms with Crippen molar-refractivity contribution in [1.29, 1.82) is 0 Å². The number of aliphatic carboxylic acids is 1. The molecule has 1 aliphatic rings. The molecule has 1 rings (SSSR count). The van der Waals surface area contributed by atoms with Gasteiger partial charge >= 0.3 is 5.97 Å². The van der Waals surface area contributed by atoms with E-state index in [-0.39, 0.29) is 5.91 Å². The lowest BCUT2D eigenvalue weighted by molar-refractivity contribution is -0.154. The summed E-state index contributed by atoms with van der Waals surface area (Å²) in [5.41, 5.74) is 5.25. The molecule has 1 fully saturated rings. The second-order valence-corrected chi connectivity index (χ2v) is 6.00. The van der Waals surface area contributed by atoms with Gasteiger partial charge in [-0.2, -0.15) is 0 Å². The summed E-state index contributed by atoms with van der Waals surface area (Å²) in [6.45, 7) is 6.98. The van der Waals surface area contributed by atoms with Crippen LogP contribution in [0.1, 0.15) is 46.5 Å². The normalized spacial score (nSPS) is 20.4. The molecule has 1 saturated heterocycles. The predicted octanol–water partition coefficient (Wildman–Crippen LogP) is 1.46. The van der Waals surface area contributed by atoms with Crippen molar-refractivity contribution in [3.8, 4) is 0 Å². The number of amides is 1. The zero-order valence-corrected chi connectivity index (χ0v) is 12.2. The zero-order chi connectivity index (χ0) is 14.6. The minimum absolute atomic E-state index is 0.0382.